The number of nitrogens with zero attached hydrogens (tertiary/aromatic N) is 1. The SMILES string of the molecule is CC(C)(C)C1=CCN(c2c(F)cc(CN)cc2F)CC1. The Bertz CT molecular complexity index is 507. The lowest BCUT2D eigenvalue weighted by Gasteiger charge is -2.33. The molecule has 2 N–H and O–H groups in total. The first-order valence-electron chi connectivity index (χ1n) is 6.95. The van der Waals surface area contributed by atoms with Crippen LogP contribution in [0.15, 0.2) is 23.8 Å². The molecule has 1 aromatic carbocycles. The van der Waals surface area contributed by atoms with E-state index in [-0.39, 0.29) is 17.6 Å². The molecule has 0 atom stereocenters. The first-order valence-corrected chi connectivity index (χ1v) is 6.95. The summed E-state index contributed by atoms with van der Waals surface area (Å²) in [7, 11) is 0. The molecule has 0 radical (unpaired) electrons. The Morgan fingerprint density at radius 2 is 1.80 bits per heavy atom. The summed E-state index contributed by atoms with van der Waals surface area (Å²) in [4.78, 5) is 1.75. The van der Waals surface area contributed by atoms with Gasteiger partial charge in [-0.25, -0.2) is 8.78 Å². The number of hydrogen-bond acceptors (Lipinski definition) is 2. The first-order chi connectivity index (χ1) is 9.32. The molecule has 1 heterocycles. The van der Waals surface area contributed by atoms with Crippen LogP contribution in [-0.4, -0.2) is 13.1 Å². The maximum atomic E-state index is 14.1. The number of halogens is 2. The molecule has 0 spiro atoms. The van der Waals surface area contributed by atoms with Gasteiger partial charge >= 0.3 is 0 Å². The number of rotatable bonds is 2. The third kappa shape index (κ3) is 3.01. The Hall–Kier alpha value is -1.42. The van der Waals surface area contributed by atoms with E-state index in [0.717, 1.165) is 6.42 Å². The summed E-state index contributed by atoms with van der Waals surface area (Å²) in [5.41, 5.74) is 7.42. The summed E-state index contributed by atoms with van der Waals surface area (Å²) >= 11 is 0. The van der Waals surface area contributed by atoms with E-state index >= 15 is 0 Å². The van der Waals surface area contributed by atoms with Crippen LogP contribution in [0.4, 0.5) is 14.5 Å². The average molecular weight is 280 g/mol. The molecule has 2 rings (SSSR count). The van der Waals surface area contributed by atoms with Gasteiger partial charge in [0.15, 0.2) is 0 Å². The van der Waals surface area contributed by atoms with E-state index in [9.17, 15) is 8.78 Å². The fraction of sp³-hybridized carbons (Fsp3) is 0.500. The molecule has 1 aliphatic heterocycles. The smallest absolute Gasteiger partial charge is 0.149 e. The van der Waals surface area contributed by atoms with Crippen LogP contribution in [0.25, 0.3) is 0 Å². The third-order valence-electron chi connectivity index (χ3n) is 3.80. The minimum atomic E-state index is -0.530. The van der Waals surface area contributed by atoms with Crippen molar-refractivity contribution in [2.24, 2.45) is 11.1 Å². The minimum absolute atomic E-state index is 0.0615. The van der Waals surface area contributed by atoms with Gasteiger partial charge < -0.3 is 10.6 Å². The number of hydrogen-bond donors (Lipinski definition) is 1. The van der Waals surface area contributed by atoms with Crippen LogP contribution in [-0.2, 0) is 6.54 Å². The fourth-order valence-electron chi connectivity index (χ4n) is 2.59. The number of benzene rings is 1. The van der Waals surface area contributed by atoms with E-state index in [1.54, 1.807) is 4.90 Å². The maximum Gasteiger partial charge on any atom is 0.149 e. The molecule has 0 aromatic heterocycles. The number of anilines is 1. The molecule has 0 fully saturated rings. The zero-order valence-electron chi connectivity index (χ0n) is 12.3. The van der Waals surface area contributed by atoms with Gasteiger partial charge in [0.25, 0.3) is 0 Å². The summed E-state index contributed by atoms with van der Waals surface area (Å²) < 4.78 is 28.1. The largest absolute Gasteiger partial charge is 0.363 e. The molecule has 0 unspecified atom stereocenters. The Kier molecular flexibility index (Phi) is 4.14. The summed E-state index contributed by atoms with van der Waals surface area (Å²) in [5.74, 6) is -1.06. The topological polar surface area (TPSA) is 29.3 Å². The van der Waals surface area contributed by atoms with Gasteiger partial charge in [-0.15, -0.1) is 0 Å². The lowest BCUT2D eigenvalue weighted by Crippen LogP contribution is -2.32. The van der Waals surface area contributed by atoms with Crippen LogP contribution in [0, 0.1) is 17.0 Å². The van der Waals surface area contributed by atoms with Crippen molar-refractivity contribution in [1.82, 2.24) is 0 Å². The van der Waals surface area contributed by atoms with Crippen LogP contribution in [0.3, 0.4) is 0 Å². The predicted octanol–water partition coefficient (Wildman–Crippen LogP) is 3.61. The van der Waals surface area contributed by atoms with Crippen molar-refractivity contribution in [1.29, 1.82) is 0 Å². The zero-order valence-corrected chi connectivity index (χ0v) is 12.3. The maximum absolute atomic E-state index is 14.1. The van der Waals surface area contributed by atoms with Gasteiger partial charge in [0.2, 0.25) is 0 Å². The molecule has 110 valence electrons. The van der Waals surface area contributed by atoms with Crippen molar-refractivity contribution >= 4 is 5.69 Å². The van der Waals surface area contributed by atoms with Crippen molar-refractivity contribution in [3.05, 3.63) is 41.0 Å². The highest BCUT2D eigenvalue weighted by atomic mass is 19.1. The van der Waals surface area contributed by atoms with Crippen molar-refractivity contribution < 1.29 is 8.78 Å². The summed E-state index contributed by atoms with van der Waals surface area (Å²) in [6.45, 7) is 7.80. The molecule has 20 heavy (non-hydrogen) atoms. The Balaban J connectivity index is 2.25. The molecule has 4 heteroatoms. The van der Waals surface area contributed by atoms with Gasteiger partial charge in [-0.2, -0.15) is 0 Å². The molecule has 0 aliphatic carbocycles. The van der Waals surface area contributed by atoms with Crippen LogP contribution >= 0.6 is 0 Å². The quantitative estimate of drug-likeness (QED) is 0.839. The summed E-state index contributed by atoms with van der Waals surface area (Å²) in [6.07, 6.45) is 2.92. The van der Waals surface area contributed by atoms with Gasteiger partial charge in [0.05, 0.1) is 0 Å². The second-order valence-corrected chi connectivity index (χ2v) is 6.29. The Labute approximate surface area is 119 Å². The van der Waals surface area contributed by atoms with E-state index < -0.39 is 11.6 Å². The standard InChI is InChI=1S/C16H22F2N2/c1-16(2,3)12-4-6-20(7-5-12)15-13(17)8-11(10-19)9-14(15)18/h4,8-9H,5-7,10,19H2,1-3H3. The summed E-state index contributed by atoms with van der Waals surface area (Å²) in [5, 5.41) is 0. The molecule has 1 aliphatic rings. The normalized spacial score (nSPS) is 16.3. The second kappa shape index (κ2) is 5.52. The highest BCUT2D eigenvalue weighted by Gasteiger charge is 2.24. The highest BCUT2D eigenvalue weighted by Crippen LogP contribution is 2.33. The van der Waals surface area contributed by atoms with E-state index in [2.05, 4.69) is 26.8 Å². The van der Waals surface area contributed by atoms with E-state index in [1.807, 2.05) is 0 Å². The first kappa shape index (κ1) is 15.0. The van der Waals surface area contributed by atoms with Gasteiger partial charge in [0.1, 0.15) is 17.3 Å². The lowest BCUT2D eigenvalue weighted by atomic mass is 9.83. The monoisotopic (exact) mass is 280 g/mol. The molecule has 0 saturated carbocycles. The second-order valence-electron chi connectivity index (χ2n) is 6.29. The molecular formula is C16H22F2N2. The molecule has 1 aromatic rings. The third-order valence-corrected chi connectivity index (χ3v) is 3.80. The molecule has 0 bridgehead atoms. The van der Waals surface area contributed by atoms with Crippen LogP contribution in [0.1, 0.15) is 32.8 Å². The fourth-order valence-corrected chi connectivity index (χ4v) is 2.59. The number of nitrogens with two attached hydrogens (primary N) is 1. The van der Waals surface area contributed by atoms with Gasteiger partial charge in [-0.1, -0.05) is 32.4 Å². The van der Waals surface area contributed by atoms with E-state index in [1.165, 1.54) is 17.7 Å². The van der Waals surface area contributed by atoms with Crippen LogP contribution in [0.2, 0.25) is 0 Å². The zero-order chi connectivity index (χ0) is 14.9. The van der Waals surface area contributed by atoms with Gasteiger partial charge in [0, 0.05) is 19.6 Å². The van der Waals surface area contributed by atoms with E-state index in [4.69, 9.17) is 5.73 Å². The average Bonchev–Trinajstić information content (AvgIpc) is 2.37. The lowest BCUT2D eigenvalue weighted by molar-refractivity contribution is 0.470. The molecular weight excluding hydrogens is 258 g/mol. The van der Waals surface area contributed by atoms with Crippen molar-refractivity contribution in [2.45, 2.75) is 33.7 Å². The Morgan fingerprint density at radius 1 is 1.20 bits per heavy atom. The highest BCUT2D eigenvalue weighted by molar-refractivity contribution is 5.52. The summed E-state index contributed by atoms with van der Waals surface area (Å²) in [6, 6.07) is 2.64. The van der Waals surface area contributed by atoms with Crippen molar-refractivity contribution in [2.75, 3.05) is 18.0 Å². The van der Waals surface area contributed by atoms with Crippen LogP contribution in [0.5, 0.6) is 0 Å². The predicted molar refractivity (Wildman–Crippen MR) is 78.6 cm³/mol. The molecule has 0 saturated heterocycles. The van der Waals surface area contributed by atoms with Crippen molar-refractivity contribution in [3.63, 3.8) is 0 Å². The van der Waals surface area contributed by atoms with Crippen molar-refractivity contribution in [3.8, 4) is 0 Å². The Morgan fingerprint density at radius 3 is 2.20 bits per heavy atom. The van der Waals surface area contributed by atoms with Gasteiger partial charge in [-0.05, 0) is 29.5 Å². The van der Waals surface area contributed by atoms with Crippen LogP contribution < -0.4 is 10.6 Å². The molecule has 0 amide bonds. The van der Waals surface area contributed by atoms with E-state index in [0.29, 0.717) is 18.7 Å². The van der Waals surface area contributed by atoms with Gasteiger partial charge in [-0.3, -0.25) is 0 Å². The molecule has 2 nitrogen and oxygen atoms in total. The minimum Gasteiger partial charge on any atom is -0.363 e.